The normalized spacial score (nSPS) is 12.6. The molecule has 8 nitrogen and oxygen atoms in total. The Hall–Kier alpha value is -3.11. The smallest absolute Gasteiger partial charge is 0.261 e. The minimum absolute atomic E-state index is 0.189. The summed E-state index contributed by atoms with van der Waals surface area (Å²) in [6.45, 7) is 3.02. The Morgan fingerprint density at radius 1 is 1.12 bits per heavy atom. The number of benzene rings is 3. The van der Waals surface area contributed by atoms with Crippen LogP contribution in [0.3, 0.4) is 0 Å². The number of aliphatic hydroxyl groups is 1. The standard InChI is InChI=1S/C24H25ClN4O4S/c1-16-4-2-7-20(12-16)34(31,32)29-18-6-3-5-17(13-18)23(30)15-26-10-11-33-19-8-9-21-22(14-19)27-28-24(21)25/h2-9,12-14,23,26,29-30H,10-11,15H2,1H3,(H,27,28)/t23-/m0/s1. The van der Waals surface area contributed by atoms with Crippen molar-refractivity contribution in [3.05, 3.63) is 83.0 Å². The van der Waals surface area contributed by atoms with Gasteiger partial charge in [0.05, 0.1) is 16.5 Å². The molecule has 0 saturated heterocycles. The lowest BCUT2D eigenvalue weighted by atomic mass is 10.1. The Morgan fingerprint density at radius 2 is 1.94 bits per heavy atom. The Balaban J connectivity index is 1.27. The first-order chi connectivity index (χ1) is 16.3. The van der Waals surface area contributed by atoms with Gasteiger partial charge in [0.2, 0.25) is 0 Å². The summed E-state index contributed by atoms with van der Waals surface area (Å²) in [7, 11) is -3.72. The summed E-state index contributed by atoms with van der Waals surface area (Å²) in [6.07, 6.45) is -0.814. The number of aromatic nitrogens is 2. The van der Waals surface area contributed by atoms with Gasteiger partial charge >= 0.3 is 0 Å². The van der Waals surface area contributed by atoms with E-state index in [2.05, 4.69) is 20.2 Å². The van der Waals surface area contributed by atoms with Gasteiger partial charge < -0.3 is 15.2 Å². The molecule has 4 aromatic rings. The number of H-pyrrole nitrogens is 1. The van der Waals surface area contributed by atoms with E-state index < -0.39 is 16.1 Å². The van der Waals surface area contributed by atoms with Crippen molar-refractivity contribution in [2.75, 3.05) is 24.4 Å². The zero-order valence-electron chi connectivity index (χ0n) is 18.5. The number of ether oxygens (including phenoxy) is 1. The fourth-order valence-electron chi connectivity index (χ4n) is 3.45. The molecule has 0 fully saturated rings. The number of anilines is 1. The Kier molecular flexibility index (Phi) is 7.38. The second kappa shape index (κ2) is 10.4. The molecule has 4 N–H and O–H groups in total. The number of aromatic amines is 1. The van der Waals surface area contributed by atoms with Crippen molar-refractivity contribution in [3.63, 3.8) is 0 Å². The lowest BCUT2D eigenvalue weighted by Crippen LogP contribution is -2.26. The number of fused-ring (bicyclic) bond motifs is 1. The summed E-state index contributed by atoms with van der Waals surface area (Å²) in [5.41, 5.74) is 2.56. The molecule has 3 aromatic carbocycles. The van der Waals surface area contributed by atoms with Crippen molar-refractivity contribution >= 4 is 38.2 Å². The number of aryl methyl sites for hydroxylation is 1. The Bertz CT molecular complexity index is 1390. The number of aliphatic hydroxyl groups excluding tert-OH is 1. The fourth-order valence-corrected chi connectivity index (χ4v) is 4.81. The molecule has 178 valence electrons. The van der Waals surface area contributed by atoms with Crippen molar-refractivity contribution in [2.45, 2.75) is 17.9 Å². The summed E-state index contributed by atoms with van der Waals surface area (Å²) in [5.74, 6) is 0.673. The second-order valence-electron chi connectivity index (χ2n) is 7.83. The fraction of sp³-hybridized carbons (Fsp3) is 0.208. The van der Waals surface area contributed by atoms with E-state index in [1.54, 1.807) is 48.5 Å². The zero-order valence-corrected chi connectivity index (χ0v) is 20.0. The summed E-state index contributed by atoms with van der Waals surface area (Å²) < 4.78 is 33.6. The van der Waals surface area contributed by atoms with Crippen molar-refractivity contribution < 1.29 is 18.3 Å². The predicted molar refractivity (Wildman–Crippen MR) is 133 cm³/mol. The average molecular weight is 501 g/mol. The quantitative estimate of drug-likeness (QED) is 0.244. The monoisotopic (exact) mass is 500 g/mol. The van der Waals surface area contributed by atoms with Crippen LogP contribution in [-0.2, 0) is 10.0 Å². The van der Waals surface area contributed by atoms with E-state index in [0.717, 1.165) is 16.5 Å². The van der Waals surface area contributed by atoms with E-state index >= 15 is 0 Å². The number of halogens is 1. The van der Waals surface area contributed by atoms with Gasteiger partial charge in [-0.2, -0.15) is 5.10 Å². The van der Waals surface area contributed by atoms with E-state index in [1.165, 1.54) is 0 Å². The van der Waals surface area contributed by atoms with Crippen molar-refractivity contribution in [1.29, 1.82) is 0 Å². The summed E-state index contributed by atoms with van der Waals surface area (Å²) in [5, 5.41) is 21.8. The third-order valence-electron chi connectivity index (χ3n) is 5.19. The van der Waals surface area contributed by atoms with E-state index in [0.29, 0.717) is 35.3 Å². The largest absolute Gasteiger partial charge is 0.492 e. The maximum Gasteiger partial charge on any atom is 0.261 e. The number of nitrogens with one attached hydrogen (secondary N) is 3. The Morgan fingerprint density at radius 3 is 2.76 bits per heavy atom. The number of hydrogen-bond donors (Lipinski definition) is 4. The van der Waals surface area contributed by atoms with E-state index in [-0.39, 0.29) is 11.4 Å². The molecule has 0 aliphatic heterocycles. The molecule has 0 radical (unpaired) electrons. The number of sulfonamides is 1. The third kappa shape index (κ3) is 5.87. The highest BCUT2D eigenvalue weighted by molar-refractivity contribution is 7.92. The van der Waals surface area contributed by atoms with E-state index in [9.17, 15) is 13.5 Å². The minimum Gasteiger partial charge on any atom is -0.492 e. The SMILES string of the molecule is Cc1cccc(S(=O)(=O)Nc2cccc([C@@H](O)CNCCOc3ccc4c(Cl)[nH]nc4c3)c2)c1. The molecule has 0 spiro atoms. The minimum atomic E-state index is -3.72. The maximum absolute atomic E-state index is 12.7. The van der Waals surface area contributed by atoms with E-state index in [4.69, 9.17) is 16.3 Å². The highest BCUT2D eigenvalue weighted by Gasteiger charge is 2.15. The average Bonchev–Trinajstić information content (AvgIpc) is 3.18. The number of rotatable bonds is 10. The lowest BCUT2D eigenvalue weighted by Gasteiger charge is -2.15. The number of hydrogen-bond acceptors (Lipinski definition) is 6. The van der Waals surface area contributed by atoms with Gasteiger partial charge in [0.15, 0.2) is 0 Å². The molecule has 0 unspecified atom stereocenters. The van der Waals surface area contributed by atoms with Crippen LogP contribution in [0.25, 0.3) is 10.9 Å². The first-order valence-electron chi connectivity index (χ1n) is 10.7. The van der Waals surface area contributed by atoms with Crippen LogP contribution in [0, 0.1) is 6.92 Å². The molecule has 0 bridgehead atoms. The molecule has 0 aliphatic carbocycles. The first-order valence-corrected chi connectivity index (χ1v) is 12.5. The molecule has 1 atom stereocenters. The van der Waals surface area contributed by atoms with Crippen LogP contribution in [0.15, 0.2) is 71.6 Å². The van der Waals surface area contributed by atoms with E-state index in [1.807, 2.05) is 25.1 Å². The summed E-state index contributed by atoms with van der Waals surface area (Å²) >= 11 is 6.00. The second-order valence-corrected chi connectivity index (χ2v) is 9.89. The number of nitrogens with zero attached hydrogens (tertiary/aromatic N) is 1. The van der Waals surface area contributed by atoms with Gasteiger partial charge in [0, 0.05) is 30.2 Å². The summed E-state index contributed by atoms with van der Waals surface area (Å²) in [4.78, 5) is 0.189. The van der Waals surface area contributed by atoms with Crippen LogP contribution in [0.5, 0.6) is 5.75 Å². The van der Waals surface area contributed by atoms with Gasteiger partial charge in [-0.1, -0.05) is 35.9 Å². The van der Waals surface area contributed by atoms with Gasteiger partial charge in [-0.15, -0.1) is 0 Å². The first kappa shape index (κ1) is 24.0. The molecular weight excluding hydrogens is 476 g/mol. The molecule has 10 heteroatoms. The molecule has 34 heavy (non-hydrogen) atoms. The molecule has 1 aromatic heterocycles. The maximum atomic E-state index is 12.7. The van der Waals surface area contributed by atoms with Crippen molar-refractivity contribution in [2.24, 2.45) is 0 Å². The van der Waals surface area contributed by atoms with Gasteiger partial charge in [-0.05, 0) is 54.4 Å². The van der Waals surface area contributed by atoms with Crippen molar-refractivity contribution in [3.8, 4) is 5.75 Å². The van der Waals surface area contributed by atoms with Crippen LogP contribution >= 0.6 is 11.6 Å². The third-order valence-corrected chi connectivity index (χ3v) is 6.86. The summed E-state index contributed by atoms with van der Waals surface area (Å²) in [6, 6.07) is 18.9. The lowest BCUT2D eigenvalue weighted by molar-refractivity contribution is 0.172. The molecule has 0 amide bonds. The van der Waals surface area contributed by atoms with Crippen LogP contribution in [0.1, 0.15) is 17.2 Å². The highest BCUT2D eigenvalue weighted by atomic mass is 35.5. The predicted octanol–water partition coefficient (Wildman–Crippen LogP) is 4.03. The van der Waals surface area contributed by atoms with Crippen molar-refractivity contribution in [1.82, 2.24) is 15.5 Å². The molecule has 0 aliphatic rings. The zero-order chi connectivity index (χ0) is 24.1. The van der Waals surface area contributed by atoms with Gasteiger partial charge in [0.25, 0.3) is 10.0 Å². The molecule has 1 heterocycles. The van der Waals surface area contributed by atoms with Gasteiger partial charge in [-0.25, -0.2) is 8.42 Å². The topological polar surface area (TPSA) is 116 Å². The van der Waals surface area contributed by atoms with Gasteiger partial charge in [-0.3, -0.25) is 9.82 Å². The van der Waals surface area contributed by atoms with Gasteiger partial charge in [0.1, 0.15) is 17.5 Å². The molecular formula is C24H25ClN4O4S. The van der Waals surface area contributed by atoms with Crippen LogP contribution < -0.4 is 14.8 Å². The molecule has 0 saturated carbocycles. The van der Waals surface area contributed by atoms with Crippen LogP contribution in [0.2, 0.25) is 5.15 Å². The molecule has 4 rings (SSSR count). The Labute approximate surface area is 203 Å². The van der Waals surface area contributed by atoms with Crippen LogP contribution in [-0.4, -0.2) is 43.4 Å². The highest BCUT2D eigenvalue weighted by Crippen LogP contribution is 2.24. The van der Waals surface area contributed by atoms with Crippen LogP contribution in [0.4, 0.5) is 5.69 Å².